The first-order chi connectivity index (χ1) is 17.7. The van der Waals surface area contributed by atoms with E-state index >= 15 is 0 Å². The van der Waals surface area contributed by atoms with Gasteiger partial charge < -0.3 is 0 Å². The van der Waals surface area contributed by atoms with Crippen molar-refractivity contribution in [2.24, 2.45) is 5.92 Å². The molecule has 1 aliphatic rings. The Morgan fingerprint density at radius 2 is 1.51 bits per heavy atom. The summed E-state index contributed by atoms with van der Waals surface area (Å²) in [6.07, 6.45) is 5.76. The van der Waals surface area contributed by atoms with E-state index in [1.165, 1.54) is 17.5 Å². The number of benzene rings is 3. The molecule has 0 radical (unpaired) electrons. The van der Waals surface area contributed by atoms with Crippen LogP contribution in [0.2, 0.25) is 14.4 Å². The third-order valence-electron chi connectivity index (χ3n) is 7.23. The number of carbonyl (C=O) groups is 1. The summed E-state index contributed by atoms with van der Waals surface area (Å²) in [5, 5.41) is 3.05. The van der Waals surface area contributed by atoms with Crippen molar-refractivity contribution in [1.29, 1.82) is 0 Å². The molecule has 194 valence electrons. The molecular formula is C31H35ClO3SeSi. The molecule has 3 nitrogen and oxygen atoms in total. The zero-order valence-electron chi connectivity index (χ0n) is 21.9. The van der Waals surface area contributed by atoms with Gasteiger partial charge in [0, 0.05) is 0 Å². The molecule has 6 heteroatoms. The summed E-state index contributed by atoms with van der Waals surface area (Å²) in [7, 11) is -1.23. The van der Waals surface area contributed by atoms with Gasteiger partial charge >= 0.3 is 234 Å². The summed E-state index contributed by atoms with van der Waals surface area (Å²) in [6.45, 7) is 7.34. The minimum absolute atomic E-state index is 0.00211. The number of carbonyl (C=O) groups excluding carboxylic acids is 1. The summed E-state index contributed by atoms with van der Waals surface area (Å²) < 4.78 is 13.2. The second-order valence-electron chi connectivity index (χ2n) is 10.5. The van der Waals surface area contributed by atoms with E-state index in [1.54, 1.807) is 0 Å². The van der Waals surface area contributed by atoms with Crippen molar-refractivity contribution < 1.29 is 14.0 Å². The fourth-order valence-corrected chi connectivity index (χ4v) is 13.0. The average molecular weight is 598 g/mol. The first-order valence-electron chi connectivity index (χ1n) is 12.7. The summed E-state index contributed by atoms with van der Waals surface area (Å²) in [4.78, 5) is 13.5. The molecule has 1 aliphatic carbocycles. The molecule has 4 rings (SSSR count). The van der Waals surface area contributed by atoms with Gasteiger partial charge in [0.05, 0.1) is 0 Å². The van der Waals surface area contributed by atoms with E-state index in [0.29, 0.717) is 18.1 Å². The average Bonchev–Trinajstić information content (AvgIpc) is 2.91. The molecule has 3 aromatic rings. The summed E-state index contributed by atoms with van der Waals surface area (Å²) in [5.41, 5.74) is 0. The Morgan fingerprint density at radius 3 is 2.03 bits per heavy atom. The van der Waals surface area contributed by atoms with Crippen molar-refractivity contribution in [2.45, 2.75) is 43.0 Å². The van der Waals surface area contributed by atoms with Crippen molar-refractivity contribution in [3.05, 3.63) is 102 Å². The molecule has 0 aliphatic heterocycles. The predicted molar refractivity (Wildman–Crippen MR) is 157 cm³/mol. The molecule has 2 atom stereocenters. The van der Waals surface area contributed by atoms with Crippen LogP contribution in [-0.2, 0) is 14.0 Å². The first-order valence-corrected chi connectivity index (χ1v) is 16.7. The third kappa shape index (κ3) is 5.67. The Balaban J connectivity index is 1.77. The van der Waals surface area contributed by atoms with Crippen LogP contribution >= 0.6 is 11.6 Å². The number of rotatable bonds is 8. The molecule has 0 amide bonds. The van der Waals surface area contributed by atoms with Gasteiger partial charge in [0.2, 0.25) is 0 Å². The van der Waals surface area contributed by atoms with E-state index in [4.69, 9.17) is 20.8 Å². The fourth-order valence-electron chi connectivity index (χ4n) is 5.37. The van der Waals surface area contributed by atoms with E-state index in [-0.39, 0.29) is 31.9 Å². The Kier molecular flexibility index (Phi) is 8.83. The van der Waals surface area contributed by atoms with Gasteiger partial charge in [-0.3, -0.25) is 0 Å². The molecule has 3 aromatic carbocycles. The molecule has 0 heterocycles. The molecular weight excluding hydrogens is 563 g/mol. The van der Waals surface area contributed by atoms with Crippen molar-refractivity contribution in [3.63, 3.8) is 0 Å². The SMILES string of the molecule is COC(=O)[C@@]1([Se]c2ccc(Cl)cc2)CC=CC[C@@H]1CO[Si](c1ccccc1)(c1ccccc1)C(C)(C)C. The van der Waals surface area contributed by atoms with Gasteiger partial charge in [-0.2, -0.15) is 0 Å². The van der Waals surface area contributed by atoms with Crippen LogP contribution in [0.5, 0.6) is 0 Å². The first kappa shape index (κ1) is 27.9. The van der Waals surface area contributed by atoms with E-state index in [9.17, 15) is 4.79 Å². The zero-order valence-corrected chi connectivity index (χ0v) is 25.4. The third-order valence-corrected chi connectivity index (χ3v) is 15.7. The molecule has 0 spiro atoms. The monoisotopic (exact) mass is 598 g/mol. The molecule has 0 saturated carbocycles. The van der Waals surface area contributed by atoms with Crippen molar-refractivity contribution in [2.75, 3.05) is 13.7 Å². The zero-order chi connectivity index (χ0) is 26.5. The Morgan fingerprint density at radius 1 is 0.946 bits per heavy atom. The van der Waals surface area contributed by atoms with E-state index < -0.39 is 12.6 Å². The normalized spacial score (nSPS) is 20.0. The van der Waals surface area contributed by atoms with Crippen molar-refractivity contribution in [3.8, 4) is 0 Å². The van der Waals surface area contributed by atoms with Crippen LogP contribution in [0.25, 0.3) is 0 Å². The van der Waals surface area contributed by atoms with E-state index in [2.05, 4.69) is 93.6 Å². The van der Waals surface area contributed by atoms with Crippen LogP contribution in [-0.4, -0.2) is 43.0 Å². The molecule has 37 heavy (non-hydrogen) atoms. The Bertz CT molecular complexity index is 1170. The summed E-state index contributed by atoms with van der Waals surface area (Å²) in [6, 6.07) is 29.2. The van der Waals surface area contributed by atoms with E-state index in [0.717, 1.165) is 10.9 Å². The molecule has 0 unspecified atom stereocenters. The minimum atomic E-state index is -2.73. The molecule has 0 N–H and O–H groups in total. The summed E-state index contributed by atoms with van der Waals surface area (Å²) >= 11 is 6.00. The fraction of sp³-hybridized carbons (Fsp3) is 0.323. The molecule has 0 saturated heterocycles. The van der Waals surface area contributed by atoms with Crippen LogP contribution in [0.4, 0.5) is 0 Å². The van der Waals surface area contributed by atoms with Gasteiger partial charge in [0.1, 0.15) is 0 Å². The molecule has 0 aromatic heterocycles. The van der Waals surface area contributed by atoms with Gasteiger partial charge in [-0.1, -0.05) is 0 Å². The van der Waals surface area contributed by atoms with Crippen molar-refractivity contribution >= 4 is 55.7 Å². The predicted octanol–water partition coefficient (Wildman–Crippen LogP) is 5.54. The van der Waals surface area contributed by atoms with Gasteiger partial charge in [-0.05, 0) is 0 Å². The molecule has 0 fully saturated rings. The molecule has 0 bridgehead atoms. The summed E-state index contributed by atoms with van der Waals surface area (Å²) in [5.74, 6) is -0.148. The van der Waals surface area contributed by atoms with Gasteiger partial charge in [0.15, 0.2) is 0 Å². The Labute approximate surface area is 233 Å². The number of hydrogen-bond donors (Lipinski definition) is 0. The van der Waals surface area contributed by atoms with E-state index in [1.807, 2.05) is 24.3 Å². The number of methoxy groups -OCH3 is 1. The number of hydrogen-bond acceptors (Lipinski definition) is 3. The Hall–Kier alpha value is -2.14. The number of ether oxygens (including phenoxy) is 1. The maximum atomic E-state index is 13.5. The van der Waals surface area contributed by atoms with Crippen LogP contribution in [0.1, 0.15) is 33.6 Å². The van der Waals surface area contributed by atoms with Gasteiger partial charge in [-0.25, -0.2) is 0 Å². The second-order valence-corrected chi connectivity index (χ2v) is 18.2. The van der Waals surface area contributed by atoms with Crippen LogP contribution in [0, 0.1) is 5.92 Å². The quantitative estimate of drug-likeness (QED) is 0.194. The number of halogens is 1. The number of allylic oxidation sites excluding steroid dienone is 2. The van der Waals surface area contributed by atoms with Gasteiger partial charge in [0.25, 0.3) is 0 Å². The van der Waals surface area contributed by atoms with Crippen molar-refractivity contribution in [1.82, 2.24) is 0 Å². The standard InChI is InChI=1S/C31H35ClO3SeSi/c1-30(2,3)37(27-14-7-5-8-15-27,28-16-9-6-10-17-28)35-23-24-13-11-12-22-31(24,29(33)34-4)36-26-20-18-25(32)19-21-26/h5-12,14-21,24H,13,22-23H2,1-4H3/t24-,31-/m1/s1. The maximum absolute atomic E-state index is 13.5. The number of esters is 1. The van der Waals surface area contributed by atoms with Crippen LogP contribution < -0.4 is 14.8 Å². The van der Waals surface area contributed by atoms with Gasteiger partial charge in [-0.15, -0.1) is 0 Å². The topological polar surface area (TPSA) is 35.5 Å². The van der Waals surface area contributed by atoms with Crippen LogP contribution in [0.3, 0.4) is 0 Å². The van der Waals surface area contributed by atoms with Crippen LogP contribution in [0.15, 0.2) is 97.1 Å². The second kappa shape index (κ2) is 11.7.